The highest BCUT2D eigenvalue weighted by Crippen LogP contribution is 2.34. The van der Waals surface area contributed by atoms with Crippen molar-refractivity contribution in [2.24, 2.45) is 0 Å². The van der Waals surface area contributed by atoms with Crippen LogP contribution in [0.15, 0.2) is 37.0 Å². The number of carbonyl (C=O) groups is 1. The summed E-state index contributed by atoms with van der Waals surface area (Å²) in [6.07, 6.45) is 9.35. The number of hydrogen-bond acceptors (Lipinski definition) is 3. The minimum Gasteiger partial charge on any atom is -0.373 e. The van der Waals surface area contributed by atoms with Gasteiger partial charge in [0.05, 0.1) is 24.1 Å². The van der Waals surface area contributed by atoms with Gasteiger partial charge >= 0.3 is 0 Å². The van der Waals surface area contributed by atoms with Crippen LogP contribution in [-0.4, -0.2) is 27.9 Å². The Morgan fingerprint density at radius 2 is 2.21 bits per heavy atom. The number of halogens is 1. The molecule has 29 heavy (non-hydrogen) atoms. The van der Waals surface area contributed by atoms with E-state index in [4.69, 9.17) is 11.2 Å². The lowest BCUT2D eigenvalue weighted by Gasteiger charge is -2.10. The summed E-state index contributed by atoms with van der Waals surface area (Å²) in [5.74, 6) is 0.896. The van der Waals surface area contributed by atoms with Crippen LogP contribution in [0.25, 0.3) is 23.0 Å². The van der Waals surface area contributed by atoms with E-state index in [9.17, 15) is 4.79 Å². The van der Waals surface area contributed by atoms with Crippen LogP contribution in [0.2, 0.25) is 0 Å². The highest BCUT2D eigenvalue weighted by atomic mass is 19.1. The zero-order valence-electron chi connectivity index (χ0n) is 16.8. The van der Waals surface area contributed by atoms with Gasteiger partial charge < -0.3 is 9.14 Å². The number of epoxide rings is 1. The summed E-state index contributed by atoms with van der Waals surface area (Å²) in [6.45, 7) is 10.4. The van der Waals surface area contributed by atoms with Crippen molar-refractivity contribution >= 4 is 17.5 Å². The Hall–Kier alpha value is -3.23. The Bertz CT molecular complexity index is 1140. The summed E-state index contributed by atoms with van der Waals surface area (Å²) >= 11 is 0. The summed E-state index contributed by atoms with van der Waals surface area (Å²) in [5.41, 5.74) is 4.11. The number of Topliss-reactive ketones (excluding diaryl/α,β-unsaturated/α-hetero) is 1. The summed E-state index contributed by atoms with van der Waals surface area (Å²) in [5, 5.41) is 0. The second kappa shape index (κ2) is 8.42. The van der Waals surface area contributed by atoms with Crippen LogP contribution in [0.4, 0.5) is 4.39 Å². The van der Waals surface area contributed by atoms with E-state index in [0.29, 0.717) is 29.8 Å². The van der Waals surface area contributed by atoms with Gasteiger partial charge in [-0.25, -0.2) is 9.37 Å². The van der Waals surface area contributed by atoms with Gasteiger partial charge in [0.15, 0.2) is 0 Å². The van der Waals surface area contributed by atoms with Gasteiger partial charge in [-0.1, -0.05) is 26.5 Å². The number of carbonyl (C=O) groups excluding carboxylic acids is 1. The minimum absolute atomic E-state index is 0. The number of nitrogens with zero attached hydrogens (tertiary/aromatic N) is 2. The molecule has 0 N–H and O–H groups in total. The first kappa shape index (κ1) is 20.5. The Morgan fingerprint density at radius 3 is 2.83 bits per heavy atom. The summed E-state index contributed by atoms with van der Waals surface area (Å²) in [6, 6.07) is 6.65. The summed E-state index contributed by atoms with van der Waals surface area (Å²) in [7, 11) is 0. The molecule has 1 aromatic carbocycles. The number of aryl methyl sites for hydroxylation is 1. The van der Waals surface area contributed by atoms with Crippen LogP contribution in [0, 0.1) is 25.1 Å². The maximum atomic E-state index is 15.1. The number of ether oxygens (including phenoxy) is 1. The van der Waals surface area contributed by atoms with Gasteiger partial charge in [0, 0.05) is 25.2 Å². The van der Waals surface area contributed by atoms with Crippen molar-refractivity contribution < 1.29 is 15.3 Å². The van der Waals surface area contributed by atoms with E-state index >= 15 is 4.39 Å². The Morgan fingerprint density at radius 1 is 1.48 bits per heavy atom. The molecule has 3 heterocycles. The summed E-state index contributed by atoms with van der Waals surface area (Å²) in [4.78, 5) is 16.5. The van der Waals surface area contributed by atoms with Gasteiger partial charge in [-0.05, 0) is 48.2 Å². The van der Waals surface area contributed by atoms with Gasteiger partial charge in [0.2, 0.25) is 5.78 Å². The van der Waals surface area contributed by atoms with Crippen LogP contribution >= 0.6 is 0 Å². The molecule has 1 saturated heterocycles. The molecular formula is C24H25FN2O2. The number of ketones is 1. The van der Waals surface area contributed by atoms with Crippen LogP contribution < -0.4 is 0 Å². The second-order valence-corrected chi connectivity index (χ2v) is 6.60. The first-order valence-electron chi connectivity index (χ1n) is 9.58. The van der Waals surface area contributed by atoms with Crippen molar-refractivity contribution in [3.8, 4) is 23.6 Å². The molecule has 0 spiro atoms. The first-order valence-corrected chi connectivity index (χ1v) is 9.58. The number of pyridine rings is 1. The van der Waals surface area contributed by atoms with E-state index in [-0.39, 0.29) is 13.1 Å². The normalized spacial score (nSPS) is 14.7. The molecule has 0 aliphatic carbocycles. The van der Waals surface area contributed by atoms with Gasteiger partial charge in [0.25, 0.3) is 0 Å². The Labute approximate surface area is 171 Å². The molecule has 0 bridgehead atoms. The van der Waals surface area contributed by atoms with Gasteiger partial charge in [0.1, 0.15) is 11.5 Å². The predicted molar refractivity (Wildman–Crippen MR) is 115 cm³/mol. The molecule has 1 fully saturated rings. The van der Waals surface area contributed by atoms with Crippen molar-refractivity contribution in [3.63, 3.8) is 0 Å². The molecule has 2 aromatic heterocycles. The minimum atomic E-state index is -0.569. The van der Waals surface area contributed by atoms with Crippen molar-refractivity contribution in [2.75, 3.05) is 6.61 Å². The molecule has 4 rings (SSSR count). The predicted octanol–water partition coefficient (Wildman–Crippen LogP) is 5.12. The lowest BCUT2D eigenvalue weighted by molar-refractivity contribution is 0.105. The average molecular weight is 392 g/mol. The number of rotatable bonds is 5. The number of fused-ring (bicyclic) bond motifs is 1. The first-order chi connectivity index (χ1) is 14.0. The summed E-state index contributed by atoms with van der Waals surface area (Å²) < 4.78 is 22.4. The number of hydrogen-bond donors (Lipinski definition) is 0. The molecule has 150 valence electrons. The van der Waals surface area contributed by atoms with Crippen molar-refractivity contribution in [1.82, 2.24) is 9.38 Å². The van der Waals surface area contributed by atoms with E-state index < -0.39 is 11.6 Å². The molecule has 0 saturated carbocycles. The van der Waals surface area contributed by atoms with Gasteiger partial charge in [-0.2, -0.15) is 0 Å². The van der Waals surface area contributed by atoms with Crippen molar-refractivity contribution in [1.29, 1.82) is 0 Å². The topological polar surface area (TPSA) is 46.9 Å². The van der Waals surface area contributed by atoms with Crippen molar-refractivity contribution in [3.05, 3.63) is 65.2 Å². The third-order valence-corrected chi connectivity index (χ3v) is 4.67. The highest BCUT2D eigenvalue weighted by molar-refractivity contribution is 6.09. The van der Waals surface area contributed by atoms with Crippen LogP contribution in [0.1, 0.15) is 42.5 Å². The number of terminal acetylenes is 1. The Balaban J connectivity index is 0.00000104. The monoisotopic (exact) mass is 392 g/mol. The average Bonchev–Trinajstić information content (AvgIpc) is 3.49. The maximum absolute atomic E-state index is 15.1. The Kier molecular flexibility index (Phi) is 5.95. The highest BCUT2D eigenvalue weighted by Gasteiger charge is 2.28. The van der Waals surface area contributed by atoms with E-state index in [0.717, 1.165) is 23.0 Å². The number of imidazole rings is 1. The molecule has 1 atom stereocenters. The fraction of sp³-hybridized carbons (Fsp3) is 0.250. The fourth-order valence-electron chi connectivity index (χ4n) is 3.25. The van der Waals surface area contributed by atoms with Gasteiger partial charge in [-0.3, -0.25) is 4.79 Å². The van der Waals surface area contributed by atoms with Crippen LogP contribution in [-0.2, 0) is 11.2 Å². The number of benzene rings is 1. The molecule has 1 unspecified atom stereocenters. The molecule has 0 radical (unpaired) electrons. The molecule has 3 aromatic rings. The molecule has 5 heteroatoms. The van der Waals surface area contributed by atoms with E-state index in [1.165, 1.54) is 6.08 Å². The molecular weight excluding hydrogens is 367 g/mol. The second-order valence-electron chi connectivity index (χ2n) is 6.60. The molecule has 0 amide bonds. The third-order valence-electron chi connectivity index (χ3n) is 4.67. The quantitative estimate of drug-likeness (QED) is 0.262. The molecule has 1 aliphatic rings. The third kappa shape index (κ3) is 3.98. The lowest BCUT2D eigenvalue weighted by Crippen LogP contribution is -2.03. The van der Waals surface area contributed by atoms with Crippen molar-refractivity contribution in [2.45, 2.75) is 33.3 Å². The largest absolute Gasteiger partial charge is 0.373 e. The fourth-order valence-corrected chi connectivity index (χ4v) is 3.25. The standard InChI is InChI=1S/C22H17FN2O2.C2H6.H2/c1-4-14-9-15(19(26)5-2)10-17(23)21(14)22-18(11-16-12-27-16)25-7-6-13(3)8-20(25)24-22;1-2;/h2,4,6-10,16H,1,11-12H2,3H3;1-2H3;1H. The lowest BCUT2D eigenvalue weighted by atomic mass is 9.97. The smallest absolute Gasteiger partial charge is 0.235 e. The molecule has 1 aliphatic heterocycles. The SMILES string of the molecule is C#CC(=O)c1cc(F)c(-c2nc3cc(C)ccn3c2CC2CO2)c(C=C)c1.CC.[HH]. The van der Waals surface area contributed by atoms with Crippen LogP contribution in [0.5, 0.6) is 0 Å². The van der Waals surface area contributed by atoms with E-state index in [1.54, 1.807) is 6.07 Å². The number of aromatic nitrogens is 2. The van der Waals surface area contributed by atoms with Crippen LogP contribution in [0.3, 0.4) is 0 Å². The van der Waals surface area contributed by atoms with E-state index in [2.05, 4.69) is 11.6 Å². The molecule has 4 nitrogen and oxygen atoms in total. The van der Waals surface area contributed by atoms with Gasteiger partial charge in [-0.15, -0.1) is 6.42 Å². The zero-order chi connectivity index (χ0) is 21.1. The van der Waals surface area contributed by atoms with E-state index in [1.807, 2.05) is 49.4 Å². The zero-order valence-corrected chi connectivity index (χ0v) is 16.8. The maximum Gasteiger partial charge on any atom is 0.235 e.